The van der Waals surface area contributed by atoms with Crippen molar-refractivity contribution < 1.29 is 0 Å². The molecule has 92 valence electrons. The van der Waals surface area contributed by atoms with Crippen molar-refractivity contribution >= 4 is 11.8 Å². The molecular formula is C17H18S. The zero-order valence-electron chi connectivity index (χ0n) is 11.1. The SMILES string of the molecule is CC1c2ccc(-c3ccccc3)cc2SC1(C)C. The van der Waals surface area contributed by atoms with Gasteiger partial charge < -0.3 is 0 Å². The zero-order valence-corrected chi connectivity index (χ0v) is 11.9. The van der Waals surface area contributed by atoms with Gasteiger partial charge in [0.15, 0.2) is 0 Å². The van der Waals surface area contributed by atoms with Crippen molar-refractivity contribution in [2.24, 2.45) is 0 Å². The summed E-state index contributed by atoms with van der Waals surface area (Å²) in [6, 6.07) is 17.5. The Morgan fingerprint density at radius 3 is 2.39 bits per heavy atom. The van der Waals surface area contributed by atoms with Gasteiger partial charge in [-0.15, -0.1) is 11.8 Å². The van der Waals surface area contributed by atoms with Crippen LogP contribution in [0.15, 0.2) is 53.4 Å². The van der Waals surface area contributed by atoms with Crippen LogP contribution in [0.25, 0.3) is 11.1 Å². The lowest BCUT2D eigenvalue weighted by atomic mass is 9.89. The molecule has 0 aromatic heterocycles. The van der Waals surface area contributed by atoms with Gasteiger partial charge in [-0.25, -0.2) is 0 Å². The topological polar surface area (TPSA) is 0 Å². The fraction of sp³-hybridized carbons (Fsp3) is 0.294. The number of thioether (sulfide) groups is 1. The summed E-state index contributed by atoms with van der Waals surface area (Å²) < 4.78 is 0.317. The standard InChI is InChI=1S/C17H18S/c1-12-15-10-9-14(13-7-5-4-6-8-13)11-16(15)18-17(12,2)3/h4-12H,1-3H3. The summed E-state index contributed by atoms with van der Waals surface area (Å²) in [7, 11) is 0. The van der Waals surface area contributed by atoms with Gasteiger partial charge in [-0.05, 0) is 42.5 Å². The van der Waals surface area contributed by atoms with Crippen LogP contribution in [0, 0.1) is 0 Å². The summed E-state index contributed by atoms with van der Waals surface area (Å²) in [5, 5.41) is 0. The molecule has 1 atom stereocenters. The fourth-order valence-electron chi connectivity index (χ4n) is 2.54. The van der Waals surface area contributed by atoms with Crippen molar-refractivity contribution in [3.63, 3.8) is 0 Å². The second-order valence-electron chi connectivity index (χ2n) is 5.55. The van der Waals surface area contributed by atoms with Crippen molar-refractivity contribution in [1.82, 2.24) is 0 Å². The van der Waals surface area contributed by atoms with Crippen LogP contribution in [-0.2, 0) is 0 Å². The van der Waals surface area contributed by atoms with Crippen LogP contribution in [0.1, 0.15) is 32.3 Å². The van der Waals surface area contributed by atoms with Crippen LogP contribution in [-0.4, -0.2) is 4.75 Å². The van der Waals surface area contributed by atoms with Gasteiger partial charge in [0.25, 0.3) is 0 Å². The molecule has 0 spiro atoms. The molecule has 2 aromatic rings. The summed E-state index contributed by atoms with van der Waals surface area (Å²) in [5.74, 6) is 0.627. The highest BCUT2D eigenvalue weighted by Gasteiger charge is 2.36. The summed E-state index contributed by atoms with van der Waals surface area (Å²) in [6.45, 7) is 7.01. The molecule has 1 unspecified atom stereocenters. The second kappa shape index (κ2) is 4.17. The van der Waals surface area contributed by atoms with Crippen LogP contribution in [0.2, 0.25) is 0 Å². The van der Waals surface area contributed by atoms with E-state index in [1.54, 1.807) is 0 Å². The first-order chi connectivity index (χ1) is 8.58. The van der Waals surface area contributed by atoms with Gasteiger partial charge in [0, 0.05) is 9.64 Å². The lowest BCUT2D eigenvalue weighted by molar-refractivity contribution is 0.599. The van der Waals surface area contributed by atoms with E-state index < -0.39 is 0 Å². The van der Waals surface area contributed by atoms with Gasteiger partial charge in [0.2, 0.25) is 0 Å². The average molecular weight is 254 g/mol. The molecule has 0 fully saturated rings. The predicted molar refractivity (Wildman–Crippen MR) is 80.2 cm³/mol. The first-order valence-electron chi connectivity index (χ1n) is 6.46. The predicted octanol–water partition coefficient (Wildman–Crippen LogP) is 5.34. The summed E-state index contributed by atoms with van der Waals surface area (Å²) >= 11 is 2.01. The largest absolute Gasteiger partial charge is 0.119 e. The third-order valence-electron chi connectivity index (χ3n) is 4.00. The normalized spacial score (nSPS) is 20.7. The molecule has 3 rings (SSSR count). The van der Waals surface area contributed by atoms with Crippen molar-refractivity contribution in [2.75, 3.05) is 0 Å². The number of hydrogen-bond donors (Lipinski definition) is 0. The van der Waals surface area contributed by atoms with E-state index in [4.69, 9.17) is 0 Å². The maximum atomic E-state index is 2.35. The lowest BCUT2D eigenvalue weighted by Gasteiger charge is -2.22. The van der Waals surface area contributed by atoms with Crippen LogP contribution in [0.5, 0.6) is 0 Å². The van der Waals surface area contributed by atoms with Gasteiger partial charge in [0.1, 0.15) is 0 Å². The molecule has 0 amide bonds. The molecule has 2 aromatic carbocycles. The Labute approximate surface area is 113 Å². The Hall–Kier alpha value is -1.21. The Bertz CT molecular complexity index is 569. The van der Waals surface area contributed by atoms with Crippen molar-refractivity contribution in [2.45, 2.75) is 36.3 Å². The van der Waals surface area contributed by atoms with Gasteiger partial charge in [0.05, 0.1) is 0 Å². The Balaban J connectivity index is 2.05. The van der Waals surface area contributed by atoms with Crippen molar-refractivity contribution in [3.8, 4) is 11.1 Å². The molecule has 1 aliphatic rings. The van der Waals surface area contributed by atoms with Crippen LogP contribution in [0.3, 0.4) is 0 Å². The Morgan fingerprint density at radius 2 is 1.67 bits per heavy atom. The first-order valence-corrected chi connectivity index (χ1v) is 7.28. The third kappa shape index (κ3) is 1.87. The van der Waals surface area contributed by atoms with E-state index >= 15 is 0 Å². The highest BCUT2D eigenvalue weighted by molar-refractivity contribution is 8.01. The van der Waals surface area contributed by atoms with E-state index in [0.717, 1.165) is 0 Å². The highest BCUT2D eigenvalue weighted by Crippen LogP contribution is 2.53. The monoisotopic (exact) mass is 254 g/mol. The molecule has 0 aliphatic carbocycles. The lowest BCUT2D eigenvalue weighted by Crippen LogP contribution is -2.17. The van der Waals surface area contributed by atoms with Gasteiger partial charge in [-0.1, -0.05) is 49.4 Å². The molecule has 1 heterocycles. The molecular weight excluding hydrogens is 236 g/mol. The Kier molecular flexibility index (Phi) is 2.74. The Morgan fingerprint density at radius 1 is 0.944 bits per heavy atom. The molecule has 0 nitrogen and oxygen atoms in total. The quantitative estimate of drug-likeness (QED) is 0.661. The molecule has 18 heavy (non-hydrogen) atoms. The summed E-state index contributed by atoms with van der Waals surface area (Å²) in [5.41, 5.74) is 4.13. The van der Waals surface area contributed by atoms with E-state index in [9.17, 15) is 0 Å². The van der Waals surface area contributed by atoms with Crippen LogP contribution >= 0.6 is 11.8 Å². The minimum atomic E-state index is 0.317. The molecule has 0 saturated heterocycles. The van der Waals surface area contributed by atoms with E-state index in [1.807, 2.05) is 11.8 Å². The third-order valence-corrected chi connectivity index (χ3v) is 5.46. The molecule has 0 N–H and O–H groups in total. The van der Waals surface area contributed by atoms with Gasteiger partial charge >= 0.3 is 0 Å². The summed E-state index contributed by atoms with van der Waals surface area (Å²) in [4.78, 5) is 1.45. The molecule has 0 saturated carbocycles. The minimum Gasteiger partial charge on any atom is -0.119 e. The molecule has 1 heteroatoms. The molecule has 0 bridgehead atoms. The number of fused-ring (bicyclic) bond motifs is 1. The van der Waals surface area contributed by atoms with E-state index in [0.29, 0.717) is 10.7 Å². The number of hydrogen-bond acceptors (Lipinski definition) is 1. The maximum Gasteiger partial charge on any atom is 0.0217 e. The van der Waals surface area contributed by atoms with E-state index in [2.05, 4.69) is 69.3 Å². The van der Waals surface area contributed by atoms with E-state index in [-0.39, 0.29) is 0 Å². The highest BCUT2D eigenvalue weighted by atomic mass is 32.2. The molecule has 0 radical (unpaired) electrons. The van der Waals surface area contributed by atoms with Crippen LogP contribution in [0.4, 0.5) is 0 Å². The van der Waals surface area contributed by atoms with Crippen LogP contribution < -0.4 is 0 Å². The van der Waals surface area contributed by atoms with Crippen molar-refractivity contribution in [3.05, 3.63) is 54.1 Å². The van der Waals surface area contributed by atoms with E-state index in [1.165, 1.54) is 21.6 Å². The molecule has 1 aliphatic heterocycles. The zero-order chi connectivity index (χ0) is 12.8. The summed E-state index contributed by atoms with van der Waals surface area (Å²) in [6.07, 6.45) is 0. The smallest absolute Gasteiger partial charge is 0.0217 e. The number of rotatable bonds is 1. The maximum absolute atomic E-state index is 2.35. The van der Waals surface area contributed by atoms with Gasteiger partial charge in [-0.3, -0.25) is 0 Å². The van der Waals surface area contributed by atoms with Gasteiger partial charge in [-0.2, -0.15) is 0 Å². The number of benzene rings is 2. The second-order valence-corrected chi connectivity index (χ2v) is 7.24. The first kappa shape index (κ1) is 11.9. The minimum absolute atomic E-state index is 0.317. The van der Waals surface area contributed by atoms with Crippen molar-refractivity contribution in [1.29, 1.82) is 0 Å². The average Bonchev–Trinajstić information content (AvgIpc) is 2.60. The fourth-order valence-corrected chi connectivity index (χ4v) is 3.96.